The highest BCUT2D eigenvalue weighted by molar-refractivity contribution is 7.86. The van der Waals surface area contributed by atoms with E-state index in [0.29, 0.717) is 0 Å². The minimum atomic E-state index is -5.84. The molecule has 0 saturated heterocycles. The fraction of sp³-hybridized carbons (Fsp3) is 0.455. The molecule has 19 heavy (non-hydrogen) atoms. The molecule has 1 aromatic rings. The summed E-state index contributed by atoms with van der Waals surface area (Å²) in [5.74, 6) is 0. The summed E-state index contributed by atoms with van der Waals surface area (Å²) in [6.07, 6.45) is 0. The number of nitrogens with two attached hydrogens (primary N) is 1. The molecule has 0 aliphatic rings. The molecule has 110 valence electrons. The molecule has 0 radical (unpaired) electrons. The van der Waals surface area contributed by atoms with E-state index in [2.05, 4.69) is 19.1 Å². The molecule has 0 saturated carbocycles. The van der Waals surface area contributed by atoms with Crippen molar-refractivity contribution in [2.75, 3.05) is 0 Å². The van der Waals surface area contributed by atoms with Crippen LogP contribution in [0.4, 0.5) is 13.2 Å². The van der Waals surface area contributed by atoms with E-state index in [-0.39, 0.29) is 5.54 Å². The smallest absolute Gasteiger partial charge is 0.322 e. The molecule has 0 bridgehead atoms. The fourth-order valence-corrected chi connectivity index (χ4v) is 1.30. The number of hydrogen-bond acceptors (Lipinski definition) is 3. The van der Waals surface area contributed by atoms with E-state index in [0.717, 1.165) is 0 Å². The van der Waals surface area contributed by atoms with Gasteiger partial charge in [0.05, 0.1) is 0 Å². The van der Waals surface area contributed by atoms with Gasteiger partial charge in [-0.2, -0.15) is 21.6 Å². The van der Waals surface area contributed by atoms with Crippen LogP contribution in [0.1, 0.15) is 25.0 Å². The lowest BCUT2D eigenvalue weighted by Gasteiger charge is -2.21. The summed E-state index contributed by atoms with van der Waals surface area (Å²) in [4.78, 5) is 0. The Morgan fingerprint density at radius 3 is 1.74 bits per heavy atom. The van der Waals surface area contributed by atoms with Gasteiger partial charge in [0.15, 0.2) is 0 Å². The monoisotopic (exact) mass is 299 g/mol. The van der Waals surface area contributed by atoms with Crippen molar-refractivity contribution in [2.24, 2.45) is 5.73 Å². The molecule has 0 spiro atoms. The molecular formula is C11H16F3NO3S. The average Bonchev–Trinajstić information content (AvgIpc) is 2.14. The van der Waals surface area contributed by atoms with Crippen LogP contribution in [0.3, 0.4) is 0 Å². The minimum absolute atomic E-state index is 0.217. The van der Waals surface area contributed by atoms with E-state index < -0.39 is 15.6 Å². The second-order valence-corrected chi connectivity index (χ2v) is 5.87. The van der Waals surface area contributed by atoms with Crippen LogP contribution in [0.5, 0.6) is 0 Å². The highest BCUT2D eigenvalue weighted by Gasteiger charge is 2.44. The largest absolute Gasteiger partial charge is 0.522 e. The first-order valence-electron chi connectivity index (χ1n) is 5.15. The topological polar surface area (TPSA) is 80.4 Å². The normalized spacial score (nSPS) is 12.6. The molecular weight excluding hydrogens is 283 g/mol. The molecule has 8 heteroatoms. The summed E-state index contributed by atoms with van der Waals surface area (Å²) in [7, 11) is -5.84. The van der Waals surface area contributed by atoms with Gasteiger partial charge in [0, 0.05) is 5.54 Å². The number of benzene rings is 1. The van der Waals surface area contributed by atoms with Gasteiger partial charge in [0.1, 0.15) is 0 Å². The Kier molecular flexibility index (Phi) is 5.54. The standard InChI is InChI=1S/C10H15N.CHF3O3S/c1-8-6-4-5-7-9(8)10(2,3)11;2-1(3,4)8(5,6)7/h4-7H,11H2,1-3H3;(H,5,6,7). The highest BCUT2D eigenvalue weighted by atomic mass is 32.2. The number of halogens is 3. The lowest BCUT2D eigenvalue weighted by atomic mass is 9.92. The van der Waals surface area contributed by atoms with E-state index in [9.17, 15) is 13.2 Å². The van der Waals surface area contributed by atoms with Crippen LogP contribution in [0.15, 0.2) is 24.3 Å². The van der Waals surface area contributed by atoms with Crippen molar-refractivity contribution in [1.82, 2.24) is 0 Å². The minimum Gasteiger partial charge on any atom is -0.322 e. The summed E-state index contributed by atoms with van der Waals surface area (Å²) < 4.78 is 57.5. The maximum absolute atomic E-state index is 10.7. The van der Waals surface area contributed by atoms with Gasteiger partial charge in [-0.3, -0.25) is 4.55 Å². The molecule has 1 rings (SSSR count). The maximum atomic E-state index is 10.7. The van der Waals surface area contributed by atoms with Gasteiger partial charge in [-0.1, -0.05) is 24.3 Å². The van der Waals surface area contributed by atoms with Gasteiger partial charge in [-0.05, 0) is 31.9 Å². The molecule has 0 aromatic heterocycles. The van der Waals surface area contributed by atoms with Gasteiger partial charge >= 0.3 is 15.6 Å². The molecule has 0 unspecified atom stereocenters. The molecule has 4 nitrogen and oxygen atoms in total. The van der Waals surface area contributed by atoms with E-state index >= 15 is 0 Å². The van der Waals surface area contributed by atoms with E-state index in [1.807, 2.05) is 26.0 Å². The summed E-state index contributed by atoms with van der Waals surface area (Å²) in [6, 6.07) is 8.22. The quantitative estimate of drug-likeness (QED) is 0.617. The van der Waals surface area contributed by atoms with Gasteiger partial charge in [0.25, 0.3) is 0 Å². The van der Waals surface area contributed by atoms with Crippen molar-refractivity contribution in [3.05, 3.63) is 35.4 Å². The average molecular weight is 299 g/mol. The molecule has 0 atom stereocenters. The molecule has 0 aliphatic heterocycles. The molecule has 0 amide bonds. The van der Waals surface area contributed by atoms with Crippen LogP contribution < -0.4 is 5.73 Å². The van der Waals surface area contributed by atoms with Crippen molar-refractivity contribution < 1.29 is 26.1 Å². The highest BCUT2D eigenvalue weighted by Crippen LogP contribution is 2.20. The Balaban J connectivity index is 0.000000362. The molecule has 0 aliphatic carbocycles. The Bertz CT molecular complexity index is 519. The molecule has 0 fully saturated rings. The van der Waals surface area contributed by atoms with Gasteiger partial charge in [-0.15, -0.1) is 0 Å². The first kappa shape index (κ1) is 17.9. The second-order valence-electron chi connectivity index (χ2n) is 4.46. The third-order valence-corrected chi connectivity index (χ3v) is 2.72. The second kappa shape index (κ2) is 5.89. The first-order chi connectivity index (χ1) is 8.27. The number of aryl methyl sites for hydroxylation is 1. The van der Waals surface area contributed by atoms with E-state index in [1.54, 1.807) is 0 Å². The molecule has 1 aromatic carbocycles. The Morgan fingerprint density at radius 1 is 1.16 bits per heavy atom. The zero-order chi connectivity index (χ0) is 15.5. The van der Waals surface area contributed by atoms with E-state index in [1.165, 1.54) is 11.1 Å². The number of alkyl halides is 3. The van der Waals surface area contributed by atoms with Gasteiger partial charge in [0.2, 0.25) is 0 Å². The van der Waals surface area contributed by atoms with Crippen molar-refractivity contribution in [2.45, 2.75) is 31.8 Å². The third-order valence-electron chi connectivity index (χ3n) is 2.13. The van der Waals surface area contributed by atoms with Crippen LogP contribution in [-0.4, -0.2) is 18.5 Å². The van der Waals surface area contributed by atoms with Crippen molar-refractivity contribution in [3.63, 3.8) is 0 Å². The summed E-state index contributed by atoms with van der Waals surface area (Å²) in [5.41, 5.74) is 2.69. The lowest BCUT2D eigenvalue weighted by Crippen LogP contribution is -2.29. The number of rotatable bonds is 1. The Morgan fingerprint density at radius 2 is 1.53 bits per heavy atom. The summed E-state index contributed by atoms with van der Waals surface area (Å²) >= 11 is 0. The Labute approximate surface area is 110 Å². The van der Waals surface area contributed by atoms with Crippen LogP contribution in [0, 0.1) is 6.92 Å². The lowest BCUT2D eigenvalue weighted by molar-refractivity contribution is -0.0510. The molecule has 0 heterocycles. The van der Waals surface area contributed by atoms with Gasteiger partial charge < -0.3 is 5.73 Å². The predicted octanol–water partition coefficient (Wildman–Crippen LogP) is 2.58. The van der Waals surface area contributed by atoms with Crippen LogP contribution in [-0.2, 0) is 15.7 Å². The summed E-state index contributed by atoms with van der Waals surface area (Å²) in [5, 5.41) is 0. The van der Waals surface area contributed by atoms with Crippen LogP contribution in [0.25, 0.3) is 0 Å². The molecule has 3 N–H and O–H groups in total. The first-order valence-corrected chi connectivity index (χ1v) is 6.59. The van der Waals surface area contributed by atoms with Crippen LogP contribution in [0.2, 0.25) is 0 Å². The van der Waals surface area contributed by atoms with Crippen LogP contribution >= 0.6 is 0 Å². The zero-order valence-corrected chi connectivity index (χ0v) is 11.5. The predicted molar refractivity (Wildman–Crippen MR) is 66.0 cm³/mol. The van der Waals surface area contributed by atoms with Gasteiger partial charge in [-0.25, -0.2) is 0 Å². The van der Waals surface area contributed by atoms with E-state index in [4.69, 9.17) is 18.7 Å². The Hall–Kier alpha value is -1.12. The summed E-state index contributed by atoms with van der Waals surface area (Å²) in [6.45, 7) is 6.13. The fourth-order valence-electron chi connectivity index (χ4n) is 1.30. The van der Waals surface area contributed by atoms with Crippen molar-refractivity contribution in [1.29, 1.82) is 0 Å². The SMILES string of the molecule is Cc1ccccc1C(C)(C)N.O=S(=O)(O)C(F)(F)F. The number of hydrogen-bond donors (Lipinski definition) is 2. The third kappa shape index (κ3) is 6.04. The zero-order valence-electron chi connectivity index (χ0n) is 10.7. The van der Waals surface area contributed by atoms with Crippen molar-refractivity contribution >= 4 is 10.1 Å². The van der Waals surface area contributed by atoms with Crippen molar-refractivity contribution in [3.8, 4) is 0 Å². The maximum Gasteiger partial charge on any atom is 0.522 e.